The predicted octanol–water partition coefficient (Wildman–Crippen LogP) is 4.63. The first-order valence-corrected chi connectivity index (χ1v) is 14.6. The molecule has 4 fully saturated rings. The first-order valence-electron chi connectivity index (χ1n) is 14.6. The number of phenolic OH excluding ortho intramolecular Hbond substituents is 1. The molecule has 0 radical (unpaired) electrons. The molecule has 2 bridgehead atoms. The van der Waals surface area contributed by atoms with E-state index in [4.69, 9.17) is 9.72 Å². The summed E-state index contributed by atoms with van der Waals surface area (Å²) in [4.78, 5) is 18.9. The minimum atomic E-state index is -0.627. The number of rotatable bonds is 7. The summed E-state index contributed by atoms with van der Waals surface area (Å²) in [6.07, 6.45) is 5.80. The molecule has 3 aliphatic heterocycles. The molecular formula is C31H32F2N6O2. The Bertz CT molecular complexity index is 1660. The fraction of sp³-hybridized carbons (Fsp3) is 0.452. The third-order valence-corrected chi connectivity index (χ3v) is 9.32. The van der Waals surface area contributed by atoms with Gasteiger partial charge in [-0.25, -0.2) is 13.8 Å². The Hall–Kier alpha value is -3.63. The van der Waals surface area contributed by atoms with Crippen LogP contribution in [0.5, 0.6) is 11.8 Å². The molecular weight excluding hydrogens is 526 g/mol. The lowest BCUT2D eigenvalue weighted by atomic mass is 9.88. The SMILES string of the molecule is Oc1cc(-c2nc3nc(OCC4(CN5CCCC5)CC4)nc(N4C5CNCC4C5)c3cc2F)c2c(F)cccc2c1. The van der Waals surface area contributed by atoms with Crippen LogP contribution >= 0.6 is 0 Å². The third kappa shape index (κ3) is 4.35. The molecule has 1 saturated carbocycles. The maximum Gasteiger partial charge on any atom is 0.320 e. The molecule has 212 valence electrons. The molecule has 0 amide bonds. The fourth-order valence-corrected chi connectivity index (χ4v) is 6.98. The number of halogens is 2. The number of ether oxygens (including phenoxy) is 1. The van der Waals surface area contributed by atoms with Crippen LogP contribution in [0.1, 0.15) is 32.1 Å². The number of pyridine rings is 1. The molecule has 4 aliphatic rings. The van der Waals surface area contributed by atoms with Gasteiger partial charge in [0.1, 0.15) is 28.9 Å². The molecule has 2 unspecified atom stereocenters. The lowest BCUT2D eigenvalue weighted by Gasteiger charge is -2.54. The van der Waals surface area contributed by atoms with Gasteiger partial charge in [-0.2, -0.15) is 9.97 Å². The Morgan fingerprint density at radius 3 is 2.56 bits per heavy atom. The first kappa shape index (κ1) is 25.1. The number of piperazine rings is 1. The molecule has 1 aliphatic carbocycles. The zero-order chi connectivity index (χ0) is 27.7. The Balaban J connectivity index is 1.22. The Kier molecular flexibility index (Phi) is 5.79. The van der Waals surface area contributed by atoms with E-state index >= 15 is 4.39 Å². The number of hydrogen-bond donors (Lipinski definition) is 2. The van der Waals surface area contributed by atoms with Crippen LogP contribution in [0.15, 0.2) is 36.4 Å². The van der Waals surface area contributed by atoms with Crippen molar-refractivity contribution < 1.29 is 18.6 Å². The van der Waals surface area contributed by atoms with Crippen molar-refractivity contribution in [3.8, 4) is 23.0 Å². The van der Waals surface area contributed by atoms with Gasteiger partial charge in [-0.3, -0.25) is 0 Å². The number of anilines is 1. The van der Waals surface area contributed by atoms with Gasteiger partial charge in [0.15, 0.2) is 5.65 Å². The summed E-state index contributed by atoms with van der Waals surface area (Å²) in [5, 5.41) is 15.0. The maximum atomic E-state index is 15.9. The van der Waals surface area contributed by atoms with E-state index in [1.54, 1.807) is 12.1 Å². The summed E-state index contributed by atoms with van der Waals surface area (Å²) < 4.78 is 37.2. The van der Waals surface area contributed by atoms with Crippen LogP contribution in [-0.2, 0) is 0 Å². The average Bonchev–Trinajstić information content (AvgIpc) is 3.53. The maximum absolute atomic E-state index is 15.9. The van der Waals surface area contributed by atoms with Crippen LogP contribution < -0.4 is 15.0 Å². The molecule has 5 heterocycles. The molecule has 2 aromatic heterocycles. The van der Waals surface area contributed by atoms with Gasteiger partial charge >= 0.3 is 6.01 Å². The van der Waals surface area contributed by atoms with E-state index in [0.717, 1.165) is 52.0 Å². The van der Waals surface area contributed by atoms with Gasteiger partial charge in [0, 0.05) is 48.1 Å². The molecule has 2 atom stereocenters. The molecule has 10 heteroatoms. The fourth-order valence-electron chi connectivity index (χ4n) is 6.98. The van der Waals surface area contributed by atoms with Crippen LogP contribution in [0.25, 0.3) is 33.1 Å². The molecule has 8 nitrogen and oxygen atoms in total. The van der Waals surface area contributed by atoms with Gasteiger partial charge < -0.3 is 25.0 Å². The van der Waals surface area contributed by atoms with Crippen molar-refractivity contribution in [2.75, 3.05) is 44.2 Å². The molecule has 8 rings (SSSR count). The summed E-state index contributed by atoms with van der Waals surface area (Å²) in [7, 11) is 0. The minimum absolute atomic E-state index is 0.0720. The van der Waals surface area contributed by atoms with Gasteiger partial charge in [0.25, 0.3) is 0 Å². The number of likely N-dealkylation sites (tertiary alicyclic amines) is 1. The summed E-state index contributed by atoms with van der Waals surface area (Å²) in [5.41, 5.74) is 0.515. The van der Waals surface area contributed by atoms with Gasteiger partial charge in [0.2, 0.25) is 0 Å². The van der Waals surface area contributed by atoms with Gasteiger partial charge in [-0.15, -0.1) is 0 Å². The Morgan fingerprint density at radius 1 is 1.00 bits per heavy atom. The van der Waals surface area contributed by atoms with Crippen LogP contribution in [-0.4, -0.2) is 76.4 Å². The normalized spacial score (nSPS) is 23.2. The van der Waals surface area contributed by atoms with Crippen molar-refractivity contribution in [1.29, 1.82) is 0 Å². The molecule has 2 N–H and O–H groups in total. The van der Waals surface area contributed by atoms with Crippen molar-refractivity contribution in [1.82, 2.24) is 25.2 Å². The first-order chi connectivity index (χ1) is 20.0. The monoisotopic (exact) mass is 558 g/mol. The van der Waals surface area contributed by atoms with E-state index in [9.17, 15) is 9.50 Å². The zero-order valence-corrected chi connectivity index (χ0v) is 22.7. The molecule has 0 spiro atoms. The minimum Gasteiger partial charge on any atom is -0.508 e. The van der Waals surface area contributed by atoms with Crippen molar-refractivity contribution in [2.24, 2.45) is 5.41 Å². The van der Waals surface area contributed by atoms with Gasteiger partial charge in [-0.1, -0.05) is 12.1 Å². The predicted molar refractivity (Wildman–Crippen MR) is 152 cm³/mol. The number of fused-ring (bicyclic) bond motifs is 4. The van der Waals surface area contributed by atoms with E-state index in [2.05, 4.69) is 25.1 Å². The summed E-state index contributed by atoms with van der Waals surface area (Å²) in [6.45, 7) is 5.51. The highest BCUT2D eigenvalue weighted by molar-refractivity contribution is 5.99. The summed E-state index contributed by atoms with van der Waals surface area (Å²) in [5.74, 6) is -0.611. The molecule has 41 heavy (non-hydrogen) atoms. The highest BCUT2D eigenvalue weighted by Gasteiger charge is 2.46. The van der Waals surface area contributed by atoms with Crippen LogP contribution in [0, 0.1) is 17.0 Å². The lowest BCUT2D eigenvalue weighted by molar-refractivity contribution is 0.170. The highest BCUT2D eigenvalue weighted by atomic mass is 19.1. The second-order valence-electron chi connectivity index (χ2n) is 12.2. The van der Waals surface area contributed by atoms with Crippen LogP contribution in [0.2, 0.25) is 0 Å². The van der Waals surface area contributed by atoms with Crippen molar-refractivity contribution in [2.45, 2.75) is 44.2 Å². The topological polar surface area (TPSA) is 86.6 Å². The summed E-state index contributed by atoms with van der Waals surface area (Å²) in [6, 6.07) is 9.51. The zero-order valence-electron chi connectivity index (χ0n) is 22.7. The van der Waals surface area contributed by atoms with Crippen molar-refractivity contribution >= 4 is 27.6 Å². The lowest BCUT2D eigenvalue weighted by Crippen LogP contribution is -2.68. The number of aromatic hydroxyl groups is 1. The third-order valence-electron chi connectivity index (χ3n) is 9.32. The second kappa shape index (κ2) is 9.46. The number of nitrogens with zero attached hydrogens (tertiary/aromatic N) is 5. The number of phenols is 1. The quantitative estimate of drug-likeness (QED) is 0.340. The van der Waals surface area contributed by atoms with Crippen LogP contribution in [0.4, 0.5) is 14.6 Å². The smallest absolute Gasteiger partial charge is 0.320 e. The van der Waals surface area contributed by atoms with E-state index < -0.39 is 11.6 Å². The average molecular weight is 559 g/mol. The number of benzene rings is 2. The van der Waals surface area contributed by atoms with E-state index in [1.165, 1.54) is 37.1 Å². The van der Waals surface area contributed by atoms with E-state index in [1.807, 2.05) is 0 Å². The number of aromatic nitrogens is 3. The Morgan fingerprint density at radius 2 is 1.80 bits per heavy atom. The summed E-state index contributed by atoms with van der Waals surface area (Å²) >= 11 is 0. The standard InChI is InChI=1S/C31H32F2N6O2/c32-24-5-3-4-18-10-21(40)12-22(26(18)24)27-25(33)13-23-28(35-27)36-30(37-29(23)39-19-11-20(39)15-34-14-19)41-17-31(6-7-31)16-38-8-1-2-9-38/h3-5,10,12-13,19-20,34,40H,1-2,6-9,11,14-17H2. The number of piperidine rings is 1. The molecule has 2 aromatic carbocycles. The largest absolute Gasteiger partial charge is 0.508 e. The molecule has 3 saturated heterocycles. The van der Waals surface area contributed by atoms with Crippen LogP contribution in [0.3, 0.4) is 0 Å². The van der Waals surface area contributed by atoms with E-state index in [0.29, 0.717) is 23.2 Å². The molecule has 4 aromatic rings. The number of hydrogen-bond acceptors (Lipinski definition) is 8. The van der Waals surface area contributed by atoms with E-state index in [-0.39, 0.29) is 51.5 Å². The van der Waals surface area contributed by atoms with Crippen molar-refractivity contribution in [3.63, 3.8) is 0 Å². The number of nitrogens with one attached hydrogen (secondary N) is 1. The Labute approximate surface area is 236 Å². The highest BCUT2D eigenvalue weighted by Crippen LogP contribution is 2.47. The van der Waals surface area contributed by atoms with Crippen molar-refractivity contribution in [3.05, 3.63) is 48.0 Å². The van der Waals surface area contributed by atoms with Gasteiger partial charge in [0.05, 0.1) is 12.0 Å². The second-order valence-corrected chi connectivity index (χ2v) is 12.2. The van der Waals surface area contributed by atoms with Gasteiger partial charge in [-0.05, 0) is 74.8 Å².